The summed E-state index contributed by atoms with van der Waals surface area (Å²) in [4.78, 5) is 25.5. The number of urea groups is 1. The Hall–Kier alpha value is -1.40. The normalized spacial score (nSPS) is 16.0. The monoisotopic (exact) mass is 296 g/mol. The molecule has 120 valence electrons. The van der Waals surface area contributed by atoms with E-state index >= 15 is 0 Å². The van der Waals surface area contributed by atoms with Crippen LogP contribution in [0, 0.1) is 5.92 Å². The topological polar surface area (TPSA) is 73.5 Å². The van der Waals surface area contributed by atoms with Gasteiger partial charge in [0.2, 0.25) is 5.91 Å². The molecule has 1 fully saturated rings. The summed E-state index contributed by atoms with van der Waals surface area (Å²) >= 11 is 0. The van der Waals surface area contributed by atoms with Gasteiger partial charge in [0, 0.05) is 19.1 Å². The number of carbonyl (C=O) groups excluding carboxylic acids is 2. The second kappa shape index (κ2) is 9.52. The van der Waals surface area contributed by atoms with Gasteiger partial charge in [-0.05, 0) is 45.7 Å². The molecule has 21 heavy (non-hydrogen) atoms. The summed E-state index contributed by atoms with van der Waals surface area (Å²) in [5.41, 5.74) is 0. The Morgan fingerprint density at radius 1 is 1.38 bits per heavy atom. The van der Waals surface area contributed by atoms with Crippen molar-refractivity contribution in [3.63, 3.8) is 0 Å². The van der Waals surface area contributed by atoms with Crippen LogP contribution in [0.15, 0.2) is 12.7 Å². The van der Waals surface area contributed by atoms with Crippen molar-refractivity contribution in [1.29, 1.82) is 0 Å². The zero-order valence-electron chi connectivity index (χ0n) is 13.2. The standard InChI is InChI=1S/C15H28N4O2/c1-4-7-17-15(21)18-14(20)11-19(12(2)3)10-13-5-8-16-9-6-13/h4,12-13,16H,1,5-11H2,2-3H3,(H2,17,18,20,21). The summed E-state index contributed by atoms with van der Waals surface area (Å²) in [7, 11) is 0. The Morgan fingerprint density at radius 3 is 2.62 bits per heavy atom. The van der Waals surface area contributed by atoms with E-state index in [-0.39, 0.29) is 18.5 Å². The fourth-order valence-electron chi connectivity index (χ4n) is 2.41. The maximum Gasteiger partial charge on any atom is 0.321 e. The SMILES string of the molecule is C=CCNC(=O)NC(=O)CN(CC1CCNCC1)C(C)C. The molecule has 0 saturated carbocycles. The molecule has 0 radical (unpaired) electrons. The summed E-state index contributed by atoms with van der Waals surface area (Å²) < 4.78 is 0. The van der Waals surface area contributed by atoms with Gasteiger partial charge in [-0.1, -0.05) is 6.08 Å². The molecular weight excluding hydrogens is 268 g/mol. The summed E-state index contributed by atoms with van der Waals surface area (Å²) in [5, 5.41) is 8.22. The molecule has 1 heterocycles. The number of amides is 3. The molecule has 0 unspecified atom stereocenters. The fraction of sp³-hybridized carbons (Fsp3) is 0.733. The molecule has 0 spiro atoms. The number of piperidine rings is 1. The lowest BCUT2D eigenvalue weighted by molar-refractivity contribution is -0.121. The molecule has 1 saturated heterocycles. The predicted octanol–water partition coefficient (Wildman–Crippen LogP) is 0.708. The first-order valence-electron chi connectivity index (χ1n) is 7.66. The molecule has 6 nitrogen and oxygen atoms in total. The summed E-state index contributed by atoms with van der Waals surface area (Å²) in [6.07, 6.45) is 3.86. The van der Waals surface area contributed by atoms with Gasteiger partial charge in [-0.15, -0.1) is 6.58 Å². The summed E-state index contributed by atoms with van der Waals surface area (Å²) in [6, 6.07) is -0.188. The third-order valence-corrected chi connectivity index (χ3v) is 3.69. The van der Waals surface area contributed by atoms with E-state index in [1.54, 1.807) is 6.08 Å². The van der Waals surface area contributed by atoms with Gasteiger partial charge < -0.3 is 10.6 Å². The fourth-order valence-corrected chi connectivity index (χ4v) is 2.41. The van der Waals surface area contributed by atoms with Gasteiger partial charge in [-0.3, -0.25) is 15.0 Å². The van der Waals surface area contributed by atoms with Crippen molar-refractivity contribution in [3.8, 4) is 0 Å². The third kappa shape index (κ3) is 7.24. The quantitative estimate of drug-likeness (QED) is 0.605. The van der Waals surface area contributed by atoms with Gasteiger partial charge in [-0.25, -0.2) is 4.79 Å². The van der Waals surface area contributed by atoms with Crippen LogP contribution in [-0.2, 0) is 4.79 Å². The zero-order chi connectivity index (χ0) is 15.7. The number of nitrogens with zero attached hydrogens (tertiary/aromatic N) is 1. The molecule has 0 aromatic heterocycles. The first kappa shape index (κ1) is 17.7. The van der Waals surface area contributed by atoms with Crippen LogP contribution in [0.5, 0.6) is 0 Å². The van der Waals surface area contributed by atoms with E-state index in [1.807, 2.05) is 0 Å². The van der Waals surface area contributed by atoms with E-state index < -0.39 is 6.03 Å². The Balaban J connectivity index is 2.39. The highest BCUT2D eigenvalue weighted by Crippen LogP contribution is 2.14. The largest absolute Gasteiger partial charge is 0.334 e. The minimum absolute atomic E-state index is 0.253. The molecule has 0 aromatic carbocycles. The van der Waals surface area contributed by atoms with E-state index in [9.17, 15) is 9.59 Å². The van der Waals surface area contributed by atoms with Gasteiger partial charge in [-0.2, -0.15) is 0 Å². The lowest BCUT2D eigenvalue weighted by Gasteiger charge is -2.32. The van der Waals surface area contributed by atoms with Gasteiger partial charge in [0.25, 0.3) is 0 Å². The van der Waals surface area contributed by atoms with E-state index in [1.165, 1.54) is 0 Å². The van der Waals surface area contributed by atoms with Crippen molar-refractivity contribution in [1.82, 2.24) is 20.9 Å². The molecule has 1 aliphatic rings. The van der Waals surface area contributed by atoms with Crippen LogP contribution >= 0.6 is 0 Å². The maximum absolute atomic E-state index is 11.9. The lowest BCUT2D eigenvalue weighted by Crippen LogP contribution is -2.48. The molecule has 3 amide bonds. The predicted molar refractivity (Wildman–Crippen MR) is 84.0 cm³/mol. The van der Waals surface area contributed by atoms with Crippen LogP contribution in [0.3, 0.4) is 0 Å². The van der Waals surface area contributed by atoms with Crippen LogP contribution in [0.2, 0.25) is 0 Å². The Morgan fingerprint density at radius 2 is 2.05 bits per heavy atom. The van der Waals surface area contributed by atoms with Crippen molar-refractivity contribution >= 4 is 11.9 Å². The maximum atomic E-state index is 11.9. The average molecular weight is 296 g/mol. The first-order chi connectivity index (χ1) is 10.0. The molecule has 0 aliphatic carbocycles. The van der Waals surface area contributed by atoms with Crippen molar-refractivity contribution in [2.75, 3.05) is 32.7 Å². The molecule has 0 bridgehead atoms. The van der Waals surface area contributed by atoms with E-state index in [0.717, 1.165) is 32.5 Å². The molecule has 3 N–H and O–H groups in total. The van der Waals surface area contributed by atoms with Gasteiger partial charge in [0.15, 0.2) is 0 Å². The number of rotatable bonds is 7. The first-order valence-corrected chi connectivity index (χ1v) is 7.66. The molecule has 0 atom stereocenters. The second-order valence-corrected chi connectivity index (χ2v) is 5.76. The van der Waals surface area contributed by atoms with E-state index in [2.05, 4.69) is 41.3 Å². The van der Waals surface area contributed by atoms with Crippen molar-refractivity contribution < 1.29 is 9.59 Å². The van der Waals surface area contributed by atoms with Crippen LogP contribution < -0.4 is 16.0 Å². The minimum Gasteiger partial charge on any atom is -0.334 e. The Bertz CT molecular complexity index is 352. The number of nitrogens with one attached hydrogen (secondary N) is 3. The highest BCUT2D eigenvalue weighted by atomic mass is 16.2. The number of hydrogen-bond donors (Lipinski definition) is 3. The van der Waals surface area contributed by atoms with Crippen molar-refractivity contribution in [2.45, 2.75) is 32.7 Å². The number of carbonyl (C=O) groups is 2. The Labute approximate surface area is 127 Å². The molecule has 0 aromatic rings. The highest BCUT2D eigenvalue weighted by Gasteiger charge is 2.21. The van der Waals surface area contributed by atoms with Crippen LogP contribution in [-0.4, -0.2) is 55.6 Å². The molecule has 6 heteroatoms. The van der Waals surface area contributed by atoms with Crippen LogP contribution in [0.25, 0.3) is 0 Å². The van der Waals surface area contributed by atoms with Crippen LogP contribution in [0.1, 0.15) is 26.7 Å². The van der Waals surface area contributed by atoms with E-state index in [0.29, 0.717) is 12.5 Å². The summed E-state index contributed by atoms with van der Waals surface area (Å²) in [6.45, 7) is 11.3. The smallest absolute Gasteiger partial charge is 0.321 e. The third-order valence-electron chi connectivity index (χ3n) is 3.69. The average Bonchev–Trinajstić information content (AvgIpc) is 2.45. The van der Waals surface area contributed by atoms with Gasteiger partial charge >= 0.3 is 6.03 Å². The number of hydrogen-bond acceptors (Lipinski definition) is 4. The van der Waals surface area contributed by atoms with Gasteiger partial charge in [0.05, 0.1) is 6.54 Å². The van der Waals surface area contributed by atoms with Gasteiger partial charge in [0.1, 0.15) is 0 Å². The molecule has 1 aliphatic heterocycles. The Kier molecular flexibility index (Phi) is 8.00. The zero-order valence-corrected chi connectivity index (χ0v) is 13.2. The van der Waals surface area contributed by atoms with Crippen molar-refractivity contribution in [2.24, 2.45) is 5.92 Å². The summed E-state index contributed by atoms with van der Waals surface area (Å²) in [5.74, 6) is 0.357. The van der Waals surface area contributed by atoms with Crippen molar-refractivity contribution in [3.05, 3.63) is 12.7 Å². The minimum atomic E-state index is -0.467. The highest BCUT2D eigenvalue weighted by molar-refractivity contribution is 5.95. The van der Waals surface area contributed by atoms with Crippen LogP contribution in [0.4, 0.5) is 4.79 Å². The lowest BCUT2D eigenvalue weighted by atomic mass is 9.97. The molecule has 1 rings (SSSR count). The number of imide groups is 1. The molecular formula is C15H28N4O2. The van der Waals surface area contributed by atoms with E-state index in [4.69, 9.17) is 0 Å². The second-order valence-electron chi connectivity index (χ2n) is 5.76.